The van der Waals surface area contributed by atoms with Crippen molar-refractivity contribution >= 4 is 17.1 Å². The molecule has 0 aliphatic carbocycles. The highest BCUT2D eigenvalue weighted by Crippen LogP contribution is 2.26. The van der Waals surface area contributed by atoms with Crippen molar-refractivity contribution in [3.05, 3.63) is 29.7 Å². The number of carbonyl (C=O) groups is 1. The molecule has 0 atom stereocenters. The predicted molar refractivity (Wildman–Crippen MR) is 72.5 cm³/mol. The molecule has 102 valence electrons. The van der Waals surface area contributed by atoms with E-state index in [4.69, 9.17) is 10.3 Å². The maximum absolute atomic E-state index is 11.1. The Balaban J connectivity index is 2.23. The molecule has 0 radical (unpaired) electrons. The number of aryl methyl sites for hydroxylation is 1. The number of nitrogens with two attached hydrogens (primary N) is 1. The number of nitrogens with one attached hydrogen (secondary N) is 2. The number of carbonyl (C=O) groups excluding carboxylic acids is 1. The van der Waals surface area contributed by atoms with Gasteiger partial charge in [-0.3, -0.25) is 5.43 Å². The van der Waals surface area contributed by atoms with Crippen molar-refractivity contribution in [2.45, 2.75) is 26.2 Å². The zero-order valence-corrected chi connectivity index (χ0v) is 11.3. The van der Waals surface area contributed by atoms with Gasteiger partial charge in [0.15, 0.2) is 11.5 Å². The summed E-state index contributed by atoms with van der Waals surface area (Å²) in [6.07, 6.45) is 0. The first-order valence-corrected chi connectivity index (χ1v) is 6.04. The van der Waals surface area contributed by atoms with Gasteiger partial charge in [0.2, 0.25) is 0 Å². The van der Waals surface area contributed by atoms with Crippen molar-refractivity contribution in [1.82, 2.24) is 15.7 Å². The molecule has 0 aliphatic rings. The fourth-order valence-corrected chi connectivity index (χ4v) is 1.92. The van der Waals surface area contributed by atoms with Crippen LogP contribution in [0, 0.1) is 6.92 Å². The van der Waals surface area contributed by atoms with Crippen LogP contribution in [0.4, 0.5) is 4.79 Å². The standard InChI is InChI=1S/C13H18N4O2/c1-8-16-10-5-4-9(6-11(10)19-8)13(2,3)7-15-12(18)17-14/h4-6H,7,14H2,1-3H3,(H2,15,17,18). The van der Waals surface area contributed by atoms with Gasteiger partial charge in [0.1, 0.15) is 5.52 Å². The van der Waals surface area contributed by atoms with E-state index in [9.17, 15) is 4.79 Å². The van der Waals surface area contributed by atoms with Gasteiger partial charge in [-0.15, -0.1) is 0 Å². The normalized spacial score (nSPS) is 11.6. The first-order chi connectivity index (χ1) is 8.92. The Morgan fingerprint density at radius 3 is 2.89 bits per heavy atom. The number of amides is 2. The SMILES string of the molecule is Cc1nc2ccc(C(C)(C)CNC(=O)NN)cc2o1. The molecule has 0 fully saturated rings. The maximum atomic E-state index is 11.1. The minimum atomic E-state index is -0.398. The van der Waals surface area contributed by atoms with Crippen LogP contribution < -0.4 is 16.6 Å². The number of hydrogen-bond acceptors (Lipinski definition) is 4. The summed E-state index contributed by atoms with van der Waals surface area (Å²) in [7, 11) is 0. The van der Waals surface area contributed by atoms with Gasteiger partial charge in [-0.1, -0.05) is 19.9 Å². The number of aromatic nitrogens is 1. The Morgan fingerprint density at radius 1 is 1.47 bits per heavy atom. The molecule has 0 aliphatic heterocycles. The van der Waals surface area contributed by atoms with Crippen LogP contribution in [0.1, 0.15) is 25.3 Å². The second kappa shape index (κ2) is 4.89. The Labute approximate surface area is 111 Å². The molecule has 4 N–H and O–H groups in total. The molecule has 1 heterocycles. The molecule has 1 aromatic heterocycles. The van der Waals surface area contributed by atoms with E-state index < -0.39 is 6.03 Å². The van der Waals surface area contributed by atoms with E-state index in [-0.39, 0.29) is 5.41 Å². The zero-order valence-electron chi connectivity index (χ0n) is 11.3. The van der Waals surface area contributed by atoms with Crippen LogP contribution in [0.3, 0.4) is 0 Å². The number of rotatable bonds is 3. The summed E-state index contributed by atoms with van der Waals surface area (Å²) in [5.41, 5.74) is 4.47. The monoisotopic (exact) mass is 262 g/mol. The Morgan fingerprint density at radius 2 is 2.21 bits per heavy atom. The average molecular weight is 262 g/mol. The Hall–Kier alpha value is -2.08. The van der Waals surface area contributed by atoms with Gasteiger partial charge in [-0.05, 0) is 17.7 Å². The molecule has 0 unspecified atom stereocenters. The third kappa shape index (κ3) is 2.85. The Kier molecular flexibility index (Phi) is 3.44. The molecular weight excluding hydrogens is 244 g/mol. The first-order valence-electron chi connectivity index (χ1n) is 6.04. The van der Waals surface area contributed by atoms with Crippen LogP contribution in [-0.2, 0) is 5.41 Å². The van der Waals surface area contributed by atoms with Crippen molar-refractivity contribution < 1.29 is 9.21 Å². The second-order valence-corrected chi connectivity index (χ2v) is 5.13. The quantitative estimate of drug-likeness (QED) is 0.445. The molecule has 6 nitrogen and oxygen atoms in total. The molecule has 1 aromatic carbocycles. The minimum Gasteiger partial charge on any atom is -0.441 e. The van der Waals surface area contributed by atoms with Gasteiger partial charge in [0, 0.05) is 18.9 Å². The molecule has 0 saturated heterocycles. The number of urea groups is 1. The van der Waals surface area contributed by atoms with Gasteiger partial charge in [-0.2, -0.15) is 0 Å². The Bertz CT molecular complexity index is 604. The molecule has 19 heavy (non-hydrogen) atoms. The number of oxazole rings is 1. The first kappa shape index (κ1) is 13.4. The summed E-state index contributed by atoms with van der Waals surface area (Å²) in [5.74, 6) is 5.68. The highest BCUT2D eigenvalue weighted by atomic mass is 16.3. The average Bonchev–Trinajstić information content (AvgIpc) is 2.74. The second-order valence-electron chi connectivity index (χ2n) is 5.13. The van der Waals surface area contributed by atoms with Gasteiger partial charge in [0.25, 0.3) is 0 Å². The molecule has 0 bridgehead atoms. The van der Waals surface area contributed by atoms with Crippen LogP contribution in [0.2, 0.25) is 0 Å². The lowest BCUT2D eigenvalue weighted by Crippen LogP contribution is -2.44. The predicted octanol–water partition coefficient (Wildman–Crippen LogP) is 1.59. The summed E-state index contributed by atoms with van der Waals surface area (Å²) in [5, 5.41) is 2.70. The molecular formula is C13H18N4O2. The van der Waals surface area contributed by atoms with Gasteiger partial charge >= 0.3 is 6.03 Å². The summed E-state index contributed by atoms with van der Waals surface area (Å²) in [6, 6.07) is 5.47. The maximum Gasteiger partial charge on any atom is 0.328 e. The van der Waals surface area contributed by atoms with Gasteiger partial charge in [-0.25, -0.2) is 15.6 Å². The number of hydrazine groups is 1. The van der Waals surface area contributed by atoms with Crippen LogP contribution in [0.15, 0.2) is 22.6 Å². The van der Waals surface area contributed by atoms with Gasteiger partial charge < -0.3 is 9.73 Å². The third-order valence-electron chi connectivity index (χ3n) is 3.10. The molecule has 2 amide bonds. The fourth-order valence-electron chi connectivity index (χ4n) is 1.92. The van der Waals surface area contributed by atoms with E-state index in [1.165, 1.54) is 0 Å². The van der Waals surface area contributed by atoms with E-state index in [1.807, 2.05) is 44.4 Å². The minimum absolute atomic E-state index is 0.235. The molecule has 0 spiro atoms. The third-order valence-corrected chi connectivity index (χ3v) is 3.10. The van der Waals surface area contributed by atoms with Crippen LogP contribution >= 0.6 is 0 Å². The summed E-state index contributed by atoms with van der Waals surface area (Å²) >= 11 is 0. The lowest BCUT2D eigenvalue weighted by atomic mass is 9.84. The van der Waals surface area contributed by atoms with Crippen molar-refractivity contribution in [2.75, 3.05) is 6.54 Å². The fraction of sp³-hybridized carbons (Fsp3) is 0.385. The largest absolute Gasteiger partial charge is 0.441 e. The van der Waals surface area contributed by atoms with E-state index >= 15 is 0 Å². The lowest BCUT2D eigenvalue weighted by molar-refractivity contribution is 0.238. The van der Waals surface area contributed by atoms with Crippen molar-refractivity contribution in [3.63, 3.8) is 0 Å². The zero-order chi connectivity index (χ0) is 14.0. The summed E-state index contributed by atoms with van der Waals surface area (Å²) < 4.78 is 5.52. The van der Waals surface area contributed by atoms with E-state index in [0.29, 0.717) is 12.4 Å². The van der Waals surface area contributed by atoms with Crippen molar-refractivity contribution in [3.8, 4) is 0 Å². The number of nitrogens with zero attached hydrogens (tertiary/aromatic N) is 1. The lowest BCUT2D eigenvalue weighted by Gasteiger charge is -2.25. The summed E-state index contributed by atoms with van der Waals surface area (Å²) in [6.45, 7) is 6.36. The number of benzene rings is 1. The van der Waals surface area contributed by atoms with Crippen LogP contribution in [0.5, 0.6) is 0 Å². The highest BCUT2D eigenvalue weighted by molar-refractivity contribution is 5.74. The van der Waals surface area contributed by atoms with E-state index in [2.05, 4.69) is 10.3 Å². The molecule has 0 saturated carbocycles. The van der Waals surface area contributed by atoms with Gasteiger partial charge in [0.05, 0.1) is 0 Å². The number of hydrogen-bond donors (Lipinski definition) is 3. The van der Waals surface area contributed by atoms with Crippen LogP contribution in [-0.4, -0.2) is 17.6 Å². The van der Waals surface area contributed by atoms with Crippen LogP contribution in [0.25, 0.3) is 11.1 Å². The number of fused-ring (bicyclic) bond motifs is 1. The van der Waals surface area contributed by atoms with Crippen molar-refractivity contribution in [2.24, 2.45) is 5.84 Å². The van der Waals surface area contributed by atoms with Crippen molar-refractivity contribution in [1.29, 1.82) is 0 Å². The van der Waals surface area contributed by atoms with E-state index in [0.717, 1.165) is 16.7 Å². The topological polar surface area (TPSA) is 93.2 Å². The highest BCUT2D eigenvalue weighted by Gasteiger charge is 2.22. The molecule has 6 heteroatoms. The molecule has 2 rings (SSSR count). The smallest absolute Gasteiger partial charge is 0.328 e. The summed E-state index contributed by atoms with van der Waals surface area (Å²) in [4.78, 5) is 15.4. The molecule has 2 aromatic rings. The van der Waals surface area contributed by atoms with E-state index in [1.54, 1.807) is 0 Å².